The van der Waals surface area contributed by atoms with Crippen LogP contribution >= 0.6 is 0 Å². The summed E-state index contributed by atoms with van der Waals surface area (Å²) in [6.07, 6.45) is 0.341. The van der Waals surface area contributed by atoms with Crippen LogP contribution in [0.3, 0.4) is 0 Å². The number of aromatic nitrogens is 2. The highest BCUT2D eigenvalue weighted by Crippen LogP contribution is 2.32. The largest absolute Gasteiger partial charge is 0.438 e. The van der Waals surface area contributed by atoms with Crippen molar-refractivity contribution in [2.45, 2.75) is 46.8 Å². The molecule has 6 nitrogen and oxygen atoms in total. The van der Waals surface area contributed by atoms with Gasteiger partial charge < -0.3 is 14.6 Å². The molecule has 34 heavy (non-hydrogen) atoms. The maximum Gasteiger partial charge on any atom is 0.227 e. The van der Waals surface area contributed by atoms with Gasteiger partial charge in [-0.3, -0.25) is 4.90 Å². The number of benzene rings is 2. The van der Waals surface area contributed by atoms with Gasteiger partial charge in [-0.15, -0.1) is 0 Å². The molecule has 0 aliphatic rings. The van der Waals surface area contributed by atoms with Crippen LogP contribution in [-0.4, -0.2) is 52.2 Å². The Hall–Kier alpha value is -2.74. The highest BCUT2D eigenvalue weighted by Gasteiger charge is 2.22. The van der Waals surface area contributed by atoms with Gasteiger partial charge in [-0.1, -0.05) is 45.0 Å². The van der Waals surface area contributed by atoms with Crippen molar-refractivity contribution in [1.29, 1.82) is 0 Å². The molecule has 184 valence electrons. The summed E-state index contributed by atoms with van der Waals surface area (Å²) in [6, 6.07) is 15.8. The minimum absolute atomic E-state index is 0.299. The second-order valence-corrected chi connectivity index (χ2v) is 9.00. The number of aliphatic hydroxyl groups is 1. The van der Waals surface area contributed by atoms with Gasteiger partial charge in [0.15, 0.2) is 0 Å². The minimum Gasteiger partial charge on any atom is -0.438 e. The van der Waals surface area contributed by atoms with Crippen LogP contribution in [-0.2, 0) is 11.3 Å². The standard InChI is InChI=1S/C27H36FN3O3/c1-5-14-30(16-24(32)19-33-18-20(2)3)17-26-21(4)29-31(23-11-7-6-8-12-23)27(26)34-25-13-9-10-22(28)15-25/h6-13,15,20,24,32H,5,14,16-19H2,1-4H3/t24-/m0/s1. The predicted molar refractivity (Wildman–Crippen MR) is 132 cm³/mol. The van der Waals surface area contributed by atoms with Gasteiger partial charge in [-0.2, -0.15) is 5.10 Å². The quantitative estimate of drug-likeness (QED) is 0.365. The number of aliphatic hydroxyl groups excluding tert-OH is 1. The lowest BCUT2D eigenvalue weighted by atomic mass is 10.2. The average Bonchev–Trinajstić information content (AvgIpc) is 3.09. The molecule has 0 saturated heterocycles. The van der Waals surface area contributed by atoms with Crippen molar-refractivity contribution in [1.82, 2.24) is 14.7 Å². The molecule has 3 rings (SSSR count). The Labute approximate surface area is 201 Å². The van der Waals surface area contributed by atoms with Crippen molar-refractivity contribution in [2.24, 2.45) is 5.92 Å². The van der Waals surface area contributed by atoms with E-state index in [1.807, 2.05) is 37.3 Å². The molecule has 1 aromatic heterocycles. The van der Waals surface area contributed by atoms with E-state index < -0.39 is 6.10 Å². The summed E-state index contributed by atoms with van der Waals surface area (Å²) in [6.45, 7) is 11.0. The van der Waals surface area contributed by atoms with E-state index in [1.165, 1.54) is 12.1 Å². The van der Waals surface area contributed by atoms with Gasteiger partial charge in [0.25, 0.3) is 0 Å². The lowest BCUT2D eigenvalue weighted by Gasteiger charge is -2.25. The van der Waals surface area contributed by atoms with Gasteiger partial charge in [0.1, 0.15) is 11.6 Å². The molecule has 0 fully saturated rings. The zero-order valence-corrected chi connectivity index (χ0v) is 20.6. The van der Waals surface area contributed by atoms with E-state index in [9.17, 15) is 9.50 Å². The molecule has 0 radical (unpaired) electrons. The highest BCUT2D eigenvalue weighted by atomic mass is 19.1. The summed E-state index contributed by atoms with van der Waals surface area (Å²) in [5.74, 6) is 1.01. The third-order valence-corrected chi connectivity index (χ3v) is 5.30. The van der Waals surface area contributed by atoms with Crippen LogP contribution in [0.15, 0.2) is 54.6 Å². The highest BCUT2D eigenvalue weighted by molar-refractivity contribution is 5.43. The van der Waals surface area contributed by atoms with Crippen molar-refractivity contribution < 1.29 is 19.0 Å². The number of hydrogen-bond donors (Lipinski definition) is 1. The summed E-state index contributed by atoms with van der Waals surface area (Å²) in [4.78, 5) is 2.18. The van der Waals surface area contributed by atoms with Crippen LogP contribution < -0.4 is 4.74 Å². The van der Waals surface area contributed by atoms with E-state index in [4.69, 9.17) is 14.6 Å². The van der Waals surface area contributed by atoms with Crippen LogP contribution in [0, 0.1) is 18.7 Å². The molecule has 0 saturated carbocycles. The molecule has 0 aliphatic heterocycles. The maximum absolute atomic E-state index is 13.9. The van der Waals surface area contributed by atoms with Gasteiger partial charge >= 0.3 is 0 Å². The van der Waals surface area contributed by atoms with E-state index in [0.717, 1.165) is 29.9 Å². The van der Waals surface area contributed by atoms with Gasteiger partial charge in [-0.05, 0) is 50.1 Å². The van der Waals surface area contributed by atoms with Crippen LogP contribution in [0.1, 0.15) is 38.4 Å². The van der Waals surface area contributed by atoms with Crippen molar-refractivity contribution in [2.75, 3.05) is 26.3 Å². The van der Waals surface area contributed by atoms with E-state index in [2.05, 4.69) is 25.7 Å². The smallest absolute Gasteiger partial charge is 0.227 e. The molecule has 2 aromatic carbocycles. The summed E-state index contributed by atoms with van der Waals surface area (Å²) in [7, 11) is 0. The van der Waals surface area contributed by atoms with Crippen molar-refractivity contribution >= 4 is 0 Å². The maximum atomic E-state index is 13.9. The third-order valence-electron chi connectivity index (χ3n) is 5.30. The van der Waals surface area contributed by atoms with Crippen LogP contribution in [0.25, 0.3) is 5.69 Å². The Morgan fingerprint density at radius 3 is 2.53 bits per heavy atom. The van der Waals surface area contributed by atoms with Gasteiger partial charge in [-0.25, -0.2) is 9.07 Å². The molecule has 1 N–H and O–H groups in total. The Morgan fingerprint density at radius 1 is 1.09 bits per heavy atom. The minimum atomic E-state index is -0.595. The number of aryl methyl sites for hydroxylation is 1. The van der Waals surface area contributed by atoms with Crippen LogP contribution in [0.2, 0.25) is 0 Å². The van der Waals surface area contributed by atoms with E-state index in [0.29, 0.717) is 43.9 Å². The molecule has 0 bridgehead atoms. The Balaban J connectivity index is 1.88. The van der Waals surface area contributed by atoms with Crippen LogP contribution in [0.5, 0.6) is 11.6 Å². The molecule has 1 heterocycles. The third kappa shape index (κ3) is 7.38. The van der Waals surface area contributed by atoms with E-state index >= 15 is 0 Å². The second-order valence-electron chi connectivity index (χ2n) is 9.00. The van der Waals surface area contributed by atoms with E-state index in [-0.39, 0.29) is 5.82 Å². The molecule has 0 unspecified atom stereocenters. The van der Waals surface area contributed by atoms with Crippen molar-refractivity contribution in [3.63, 3.8) is 0 Å². The first kappa shape index (κ1) is 25.9. The Kier molecular flexibility index (Phi) is 9.62. The molecular formula is C27H36FN3O3. The second kappa shape index (κ2) is 12.6. The summed E-state index contributed by atoms with van der Waals surface area (Å²) < 4.78 is 27.5. The summed E-state index contributed by atoms with van der Waals surface area (Å²) in [5, 5.41) is 15.3. The predicted octanol–water partition coefficient (Wildman–Crippen LogP) is 5.36. The Bertz CT molecular complexity index is 1020. The number of para-hydroxylation sites is 1. The first-order valence-corrected chi connectivity index (χ1v) is 11.9. The fourth-order valence-corrected chi connectivity index (χ4v) is 3.78. The monoisotopic (exact) mass is 469 g/mol. The zero-order chi connectivity index (χ0) is 24.5. The average molecular weight is 470 g/mol. The van der Waals surface area contributed by atoms with Crippen molar-refractivity contribution in [3.8, 4) is 17.3 Å². The summed E-state index contributed by atoms with van der Waals surface area (Å²) in [5.41, 5.74) is 2.58. The Morgan fingerprint density at radius 2 is 1.85 bits per heavy atom. The number of ether oxygens (including phenoxy) is 2. The summed E-state index contributed by atoms with van der Waals surface area (Å²) >= 11 is 0. The van der Waals surface area contributed by atoms with Crippen molar-refractivity contribution in [3.05, 3.63) is 71.7 Å². The lowest BCUT2D eigenvalue weighted by molar-refractivity contribution is 0.00681. The number of rotatable bonds is 13. The van der Waals surface area contributed by atoms with E-state index in [1.54, 1.807) is 16.8 Å². The molecule has 0 spiro atoms. The fourth-order valence-electron chi connectivity index (χ4n) is 3.78. The van der Waals surface area contributed by atoms with Gasteiger partial charge in [0.2, 0.25) is 5.88 Å². The lowest BCUT2D eigenvalue weighted by Crippen LogP contribution is -2.35. The first-order chi connectivity index (χ1) is 16.4. The molecule has 0 amide bonds. The zero-order valence-electron chi connectivity index (χ0n) is 20.6. The fraction of sp³-hybridized carbons (Fsp3) is 0.444. The first-order valence-electron chi connectivity index (χ1n) is 11.9. The molecule has 3 aromatic rings. The molecule has 1 atom stereocenters. The number of nitrogens with zero attached hydrogens (tertiary/aromatic N) is 3. The van der Waals surface area contributed by atoms with Gasteiger partial charge in [0.05, 0.1) is 29.7 Å². The van der Waals surface area contributed by atoms with Crippen LogP contribution in [0.4, 0.5) is 4.39 Å². The number of hydrogen-bond acceptors (Lipinski definition) is 5. The molecule has 0 aliphatic carbocycles. The molecular weight excluding hydrogens is 433 g/mol. The normalized spacial score (nSPS) is 12.5. The topological polar surface area (TPSA) is 59.8 Å². The molecule has 7 heteroatoms. The SMILES string of the molecule is CCCN(Cc1c(C)nn(-c2ccccc2)c1Oc1cccc(F)c1)C[C@H](O)COCC(C)C. The number of halogens is 1. The van der Waals surface area contributed by atoms with Gasteiger partial charge in [0, 0.05) is 25.8 Å².